The van der Waals surface area contributed by atoms with Crippen molar-refractivity contribution in [1.29, 1.82) is 0 Å². The number of aliphatic hydroxyl groups is 1. The van der Waals surface area contributed by atoms with Gasteiger partial charge < -0.3 is 24.8 Å². The van der Waals surface area contributed by atoms with E-state index >= 15 is 0 Å². The standard InChI is InChI=1S/C36H36N4O4/c1-38-23-30(29-17-8-9-18-32(29)38)35(43)40-22-27(41)20-33(40)34(42)37-31(36(44)39(2)21-24-11-4-3-5-12-24)19-26-15-10-14-25-13-6-7-16-28(25)26/h3-18,23,27,31,33,41H,19-22H2,1-2H3,(H,37,42)/t27-,31?,33+/m1/s1. The molecular weight excluding hydrogens is 552 g/mol. The first kappa shape index (κ1) is 29.1. The van der Waals surface area contributed by atoms with Gasteiger partial charge in [0.15, 0.2) is 0 Å². The van der Waals surface area contributed by atoms with Gasteiger partial charge in [-0.25, -0.2) is 0 Å². The topological polar surface area (TPSA) is 94.9 Å². The van der Waals surface area contributed by atoms with E-state index in [1.807, 2.05) is 109 Å². The molecule has 1 unspecified atom stereocenters. The largest absolute Gasteiger partial charge is 0.391 e. The Balaban J connectivity index is 1.28. The number of fused-ring (bicyclic) bond motifs is 2. The summed E-state index contributed by atoms with van der Waals surface area (Å²) in [5.41, 5.74) is 3.29. The fourth-order valence-corrected chi connectivity index (χ4v) is 6.31. The first-order chi connectivity index (χ1) is 21.3. The monoisotopic (exact) mass is 588 g/mol. The van der Waals surface area contributed by atoms with Gasteiger partial charge in [0.2, 0.25) is 11.8 Å². The summed E-state index contributed by atoms with van der Waals surface area (Å²) < 4.78 is 1.88. The van der Waals surface area contributed by atoms with Crippen LogP contribution in [-0.2, 0) is 29.6 Å². The van der Waals surface area contributed by atoms with Gasteiger partial charge in [0.05, 0.1) is 11.7 Å². The van der Waals surface area contributed by atoms with Crippen molar-refractivity contribution in [3.63, 3.8) is 0 Å². The zero-order chi connectivity index (χ0) is 30.8. The number of likely N-dealkylation sites (tertiary alicyclic amines) is 1. The van der Waals surface area contributed by atoms with Crippen LogP contribution in [0.15, 0.2) is 103 Å². The van der Waals surface area contributed by atoms with Crippen molar-refractivity contribution in [2.24, 2.45) is 7.05 Å². The van der Waals surface area contributed by atoms with Crippen LogP contribution in [0.2, 0.25) is 0 Å². The highest BCUT2D eigenvalue weighted by atomic mass is 16.3. The summed E-state index contributed by atoms with van der Waals surface area (Å²) in [5.74, 6) is -1.01. The normalized spacial score (nSPS) is 17.1. The Bertz CT molecular complexity index is 1830. The van der Waals surface area contributed by atoms with Gasteiger partial charge in [-0.05, 0) is 28.0 Å². The molecule has 8 nitrogen and oxygen atoms in total. The summed E-state index contributed by atoms with van der Waals surface area (Å²) >= 11 is 0. The SMILES string of the molecule is CN(Cc1ccccc1)C(=O)C(Cc1cccc2ccccc12)NC(=O)[C@@H]1C[C@@H](O)CN1C(=O)c1cn(C)c2ccccc12. The number of aliphatic hydroxyl groups excluding tert-OH is 1. The molecule has 3 atom stereocenters. The van der Waals surface area contributed by atoms with Gasteiger partial charge >= 0.3 is 0 Å². The third-order valence-corrected chi connectivity index (χ3v) is 8.53. The van der Waals surface area contributed by atoms with Gasteiger partial charge in [0, 0.05) is 57.1 Å². The molecule has 0 radical (unpaired) electrons. The molecule has 1 aliphatic rings. The molecule has 5 aromatic rings. The smallest absolute Gasteiger partial charge is 0.256 e. The average Bonchev–Trinajstić information content (AvgIpc) is 3.60. The number of amides is 3. The molecule has 4 aromatic carbocycles. The van der Waals surface area contributed by atoms with Crippen LogP contribution in [0.5, 0.6) is 0 Å². The Labute approximate surface area is 256 Å². The van der Waals surface area contributed by atoms with Gasteiger partial charge in [0.1, 0.15) is 12.1 Å². The second-order valence-electron chi connectivity index (χ2n) is 11.6. The number of para-hydroxylation sites is 1. The van der Waals surface area contributed by atoms with E-state index < -0.39 is 24.1 Å². The lowest BCUT2D eigenvalue weighted by atomic mass is 9.97. The van der Waals surface area contributed by atoms with E-state index in [0.717, 1.165) is 32.8 Å². The molecule has 0 bridgehead atoms. The van der Waals surface area contributed by atoms with E-state index in [9.17, 15) is 19.5 Å². The minimum Gasteiger partial charge on any atom is -0.391 e. The number of aromatic nitrogens is 1. The predicted molar refractivity (Wildman–Crippen MR) is 171 cm³/mol. The van der Waals surface area contributed by atoms with Crippen LogP contribution in [-0.4, -0.2) is 69.0 Å². The molecule has 0 spiro atoms. The van der Waals surface area contributed by atoms with Crippen LogP contribution in [0.4, 0.5) is 0 Å². The van der Waals surface area contributed by atoms with Crippen LogP contribution in [0.1, 0.15) is 27.9 Å². The number of carbonyl (C=O) groups excluding carboxylic acids is 3. The van der Waals surface area contributed by atoms with E-state index in [0.29, 0.717) is 12.1 Å². The molecule has 1 aromatic heterocycles. The quantitative estimate of drug-likeness (QED) is 0.283. The van der Waals surface area contributed by atoms with E-state index in [1.54, 1.807) is 18.1 Å². The third-order valence-electron chi connectivity index (χ3n) is 8.53. The molecule has 0 saturated carbocycles. The van der Waals surface area contributed by atoms with Crippen molar-refractivity contribution >= 4 is 39.4 Å². The lowest BCUT2D eigenvalue weighted by molar-refractivity contribution is -0.136. The van der Waals surface area contributed by atoms with Crippen LogP contribution in [0.3, 0.4) is 0 Å². The Morgan fingerprint density at radius 1 is 0.909 bits per heavy atom. The van der Waals surface area contributed by atoms with E-state index in [-0.39, 0.29) is 31.2 Å². The minimum atomic E-state index is -0.918. The second kappa shape index (κ2) is 12.3. The van der Waals surface area contributed by atoms with Gasteiger partial charge in [-0.1, -0.05) is 91.0 Å². The zero-order valence-corrected chi connectivity index (χ0v) is 24.9. The molecule has 44 heavy (non-hydrogen) atoms. The summed E-state index contributed by atoms with van der Waals surface area (Å²) in [6, 6.07) is 29.4. The number of nitrogens with zero attached hydrogens (tertiary/aromatic N) is 3. The van der Waals surface area contributed by atoms with Crippen LogP contribution in [0, 0.1) is 0 Å². The number of likely N-dealkylation sites (N-methyl/N-ethyl adjacent to an activating group) is 1. The van der Waals surface area contributed by atoms with E-state index in [4.69, 9.17) is 0 Å². The van der Waals surface area contributed by atoms with Crippen LogP contribution in [0.25, 0.3) is 21.7 Å². The maximum absolute atomic E-state index is 14.0. The molecule has 2 heterocycles. The number of hydrogen-bond acceptors (Lipinski definition) is 4. The van der Waals surface area contributed by atoms with E-state index in [1.165, 1.54) is 4.90 Å². The first-order valence-corrected chi connectivity index (χ1v) is 14.9. The molecule has 0 aliphatic carbocycles. The van der Waals surface area contributed by atoms with Crippen molar-refractivity contribution in [3.05, 3.63) is 120 Å². The van der Waals surface area contributed by atoms with Crippen molar-refractivity contribution in [2.75, 3.05) is 13.6 Å². The lowest BCUT2D eigenvalue weighted by Gasteiger charge is -2.28. The average molecular weight is 589 g/mol. The summed E-state index contributed by atoms with van der Waals surface area (Å²) in [4.78, 5) is 44.8. The maximum Gasteiger partial charge on any atom is 0.256 e. The lowest BCUT2D eigenvalue weighted by Crippen LogP contribution is -2.54. The number of rotatable bonds is 8. The number of nitrogens with one attached hydrogen (secondary N) is 1. The highest BCUT2D eigenvalue weighted by Gasteiger charge is 2.41. The van der Waals surface area contributed by atoms with Crippen molar-refractivity contribution in [2.45, 2.75) is 37.6 Å². The van der Waals surface area contributed by atoms with Crippen molar-refractivity contribution < 1.29 is 19.5 Å². The van der Waals surface area contributed by atoms with E-state index in [2.05, 4.69) is 5.32 Å². The molecule has 1 saturated heterocycles. The number of β-amino-alcohol motifs (C(OH)–C–C–N with tert-alkyl or cyclic N) is 1. The second-order valence-corrected chi connectivity index (χ2v) is 11.6. The molecule has 1 aliphatic heterocycles. The molecular formula is C36H36N4O4. The molecule has 1 fully saturated rings. The van der Waals surface area contributed by atoms with Gasteiger partial charge in [-0.3, -0.25) is 14.4 Å². The summed E-state index contributed by atoms with van der Waals surface area (Å²) in [5, 5.41) is 16.5. The van der Waals surface area contributed by atoms with Crippen molar-refractivity contribution in [1.82, 2.24) is 19.7 Å². The van der Waals surface area contributed by atoms with Crippen LogP contribution >= 0.6 is 0 Å². The summed E-state index contributed by atoms with van der Waals surface area (Å²) in [7, 11) is 3.60. The highest BCUT2D eigenvalue weighted by Crippen LogP contribution is 2.27. The maximum atomic E-state index is 14.0. The molecule has 2 N–H and O–H groups in total. The van der Waals surface area contributed by atoms with Crippen molar-refractivity contribution in [3.8, 4) is 0 Å². The number of hydrogen-bond donors (Lipinski definition) is 2. The first-order valence-electron chi connectivity index (χ1n) is 14.9. The Morgan fingerprint density at radius 2 is 1.59 bits per heavy atom. The number of carbonyl (C=O) groups is 3. The highest BCUT2D eigenvalue weighted by molar-refractivity contribution is 6.08. The van der Waals surface area contributed by atoms with Gasteiger partial charge in [0.25, 0.3) is 5.91 Å². The molecule has 224 valence electrons. The molecule has 6 rings (SSSR count). The third kappa shape index (κ3) is 5.81. The van der Waals surface area contributed by atoms with Gasteiger partial charge in [-0.15, -0.1) is 0 Å². The Kier molecular flexibility index (Phi) is 8.17. The van der Waals surface area contributed by atoms with Gasteiger partial charge in [-0.2, -0.15) is 0 Å². The summed E-state index contributed by atoms with van der Waals surface area (Å²) in [6.07, 6.45) is 1.28. The fraction of sp³-hybridized carbons (Fsp3) is 0.250. The number of benzene rings is 4. The predicted octanol–water partition coefficient (Wildman–Crippen LogP) is 4.29. The zero-order valence-electron chi connectivity index (χ0n) is 24.9. The molecule has 8 heteroatoms. The minimum absolute atomic E-state index is 0.0377. The Hall–Kier alpha value is -4.95. The molecule has 3 amide bonds. The van der Waals surface area contributed by atoms with Crippen LogP contribution < -0.4 is 5.32 Å². The summed E-state index contributed by atoms with van der Waals surface area (Å²) in [6.45, 7) is 0.422. The Morgan fingerprint density at radius 3 is 2.39 bits per heavy atom. The number of aryl methyl sites for hydroxylation is 1. The fourth-order valence-electron chi connectivity index (χ4n) is 6.31.